The van der Waals surface area contributed by atoms with Crippen molar-refractivity contribution in [1.82, 2.24) is 20.4 Å². The van der Waals surface area contributed by atoms with E-state index >= 15 is 0 Å². The largest absolute Gasteiger partial charge is 0.378 e. The second-order valence-corrected chi connectivity index (χ2v) is 7.49. The minimum Gasteiger partial charge on any atom is -0.378 e. The molecule has 1 aromatic heterocycles. The molecule has 1 amide bonds. The van der Waals surface area contributed by atoms with Crippen LogP contribution >= 0.6 is 11.6 Å². The molecular formula is C19H23ClN4O2. The molecule has 2 atom stereocenters. The topological polar surface area (TPSA) is 68.2 Å². The minimum atomic E-state index is -0.159. The summed E-state index contributed by atoms with van der Waals surface area (Å²) in [6.07, 6.45) is 5.10. The molecule has 2 aromatic rings. The van der Waals surface area contributed by atoms with Gasteiger partial charge in [-0.1, -0.05) is 35.9 Å². The molecule has 7 heteroatoms. The molecule has 26 heavy (non-hydrogen) atoms. The number of methoxy groups -OCH3 is 1. The molecular weight excluding hydrogens is 352 g/mol. The summed E-state index contributed by atoms with van der Waals surface area (Å²) in [6.45, 7) is 2.05. The third-order valence-electron chi connectivity index (χ3n) is 5.65. The third kappa shape index (κ3) is 2.92. The molecule has 1 fully saturated rings. The Labute approximate surface area is 157 Å². The number of nitrogens with zero attached hydrogens (tertiary/aromatic N) is 2. The number of hydrogen-bond acceptors (Lipinski definition) is 4. The lowest BCUT2D eigenvalue weighted by Gasteiger charge is -2.40. The summed E-state index contributed by atoms with van der Waals surface area (Å²) in [5.41, 5.74) is 2.41. The van der Waals surface area contributed by atoms with Crippen molar-refractivity contribution in [2.45, 2.75) is 36.9 Å². The van der Waals surface area contributed by atoms with Gasteiger partial charge in [-0.05, 0) is 37.1 Å². The smallest absolute Gasteiger partial charge is 0.242 e. The highest BCUT2D eigenvalue weighted by atomic mass is 35.5. The van der Waals surface area contributed by atoms with Gasteiger partial charge in [-0.2, -0.15) is 5.10 Å². The van der Waals surface area contributed by atoms with Gasteiger partial charge in [-0.25, -0.2) is 0 Å². The number of fused-ring (bicyclic) bond motifs is 2. The maximum Gasteiger partial charge on any atom is 0.242 e. The van der Waals surface area contributed by atoms with Crippen LogP contribution in [0, 0.1) is 0 Å². The molecule has 1 aromatic carbocycles. The average Bonchev–Trinajstić information content (AvgIpc) is 3.16. The lowest BCUT2D eigenvalue weighted by atomic mass is 9.72. The fraction of sp³-hybridized carbons (Fsp3) is 0.474. The summed E-state index contributed by atoms with van der Waals surface area (Å²) in [6, 6.07) is 8.23. The van der Waals surface area contributed by atoms with Crippen molar-refractivity contribution < 1.29 is 9.53 Å². The highest BCUT2D eigenvalue weighted by Gasteiger charge is 2.53. The van der Waals surface area contributed by atoms with E-state index in [1.54, 1.807) is 18.0 Å². The maximum atomic E-state index is 12.6. The number of ether oxygens (including phenoxy) is 1. The Hall–Kier alpha value is -1.89. The van der Waals surface area contributed by atoms with Gasteiger partial charge in [-0.15, -0.1) is 0 Å². The lowest BCUT2D eigenvalue weighted by Crippen LogP contribution is -2.49. The van der Waals surface area contributed by atoms with E-state index in [0.29, 0.717) is 5.02 Å². The quantitative estimate of drug-likeness (QED) is 0.859. The van der Waals surface area contributed by atoms with Gasteiger partial charge in [-0.3, -0.25) is 9.48 Å². The first kappa shape index (κ1) is 17.5. The highest BCUT2D eigenvalue weighted by Crippen LogP contribution is 2.51. The first-order valence-corrected chi connectivity index (χ1v) is 9.32. The van der Waals surface area contributed by atoms with Crippen molar-refractivity contribution in [3.8, 4) is 0 Å². The second kappa shape index (κ2) is 7.02. The van der Waals surface area contributed by atoms with Gasteiger partial charge >= 0.3 is 0 Å². The summed E-state index contributed by atoms with van der Waals surface area (Å²) in [7, 11) is 1.74. The SMILES string of the molecule is CO[C@H]1[C@H](NC(=O)Cn2cc(Cl)cn2)c2ccccc2C12CCNCC2. The molecule has 0 unspecified atom stereocenters. The molecule has 1 aliphatic carbocycles. The predicted octanol–water partition coefficient (Wildman–Crippen LogP) is 2.04. The Kier molecular flexibility index (Phi) is 4.73. The van der Waals surface area contributed by atoms with Crippen LogP contribution in [0.3, 0.4) is 0 Å². The standard InChI is InChI=1S/C19H23ClN4O2/c1-26-18-17(23-16(25)12-24-11-13(20)10-22-24)14-4-2-3-5-15(14)19(18)6-8-21-9-7-19/h2-5,10-11,17-18,21H,6-9,12H2,1H3,(H,23,25)/t17-,18+/m1/s1. The number of piperidine rings is 1. The number of nitrogens with one attached hydrogen (secondary N) is 2. The van der Waals surface area contributed by atoms with Crippen LogP contribution in [0.15, 0.2) is 36.7 Å². The number of rotatable bonds is 4. The molecule has 2 heterocycles. The number of hydrogen-bond donors (Lipinski definition) is 2. The molecule has 0 radical (unpaired) electrons. The van der Waals surface area contributed by atoms with Crippen LogP contribution < -0.4 is 10.6 Å². The number of benzene rings is 1. The van der Waals surface area contributed by atoms with Gasteiger partial charge in [0.1, 0.15) is 6.54 Å². The fourth-order valence-corrected chi connectivity index (χ4v) is 4.75. The van der Waals surface area contributed by atoms with Crippen LogP contribution in [0.5, 0.6) is 0 Å². The molecule has 1 saturated heterocycles. The molecule has 0 saturated carbocycles. The number of aromatic nitrogens is 2. The summed E-state index contributed by atoms with van der Waals surface area (Å²) < 4.78 is 7.51. The van der Waals surface area contributed by atoms with E-state index < -0.39 is 0 Å². The zero-order chi connectivity index (χ0) is 18.1. The molecule has 6 nitrogen and oxygen atoms in total. The third-order valence-corrected chi connectivity index (χ3v) is 5.85. The first-order valence-electron chi connectivity index (χ1n) is 8.94. The van der Waals surface area contributed by atoms with E-state index in [1.165, 1.54) is 11.8 Å². The summed E-state index contributed by atoms with van der Waals surface area (Å²) in [5.74, 6) is -0.0994. The minimum absolute atomic E-state index is 0.0520. The van der Waals surface area contributed by atoms with Gasteiger partial charge < -0.3 is 15.4 Å². The maximum absolute atomic E-state index is 12.6. The number of halogens is 1. The average molecular weight is 375 g/mol. The summed E-state index contributed by atoms with van der Waals surface area (Å²) in [5, 5.41) is 11.2. The van der Waals surface area contributed by atoms with Crippen LogP contribution in [0.2, 0.25) is 5.02 Å². The molecule has 2 aliphatic rings. The van der Waals surface area contributed by atoms with Crippen LogP contribution in [-0.2, 0) is 21.5 Å². The van der Waals surface area contributed by atoms with Crippen LogP contribution in [0.4, 0.5) is 0 Å². The van der Waals surface area contributed by atoms with Crippen LogP contribution in [0.25, 0.3) is 0 Å². The molecule has 4 rings (SSSR count). The van der Waals surface area contributed by atoms with Crippen LogP contribution in [-0.4, -0.2) is 42.0 Å². The van der Waals surface area contributed by atoms with E-state index in [1.807, 2.05) is 6.07 Å². The fourth-order valence-electron chi connectivity index (χ4n) is 4.59. The Morgan fingerprint density at radius 3 is 2.88 bits per heavy atom. The van der Waals surface area contributed by atoms with Crippen molar-refractivity contribution >= 4 is 17.5 Å². The Morgan fingerprint density at radius 1 is 1.42 bits per heavy atom. The Bertz CT molecular complexity index is 800. The van der Waals surface area contributed by atoms with Crippen molar-refractivity contribution in [3.63, 3.8) is 0 Å². The molecule has 0 bridgehead atoms. The van der Waals surface area contributed by atoms with Crippen LogP contribution in [0.1, 0.15) is 30.0 Å². The van der Waals surface area contributed by atoms with Gasteiger partial charge in [0, 0.05) is 18.7 Å². The van der Waals surface area contributed by atoms with Gasteiger partial charge in [0.15, 0.2) is 0 Å². The Balaban J connectivity index is 1.61. The Morgan fingerprint density at radius 2 is 2.19 bits per heavy atom. The molecule has 1 aliphatic heterocycles. The van der Waals surface area contributed by atoms with E-state index in [0.717, 1.165) is 31.5 Å². The van der Waals surface area contributed by atoms with Crippen molar-refractivity contribution in [2.75, 3.05) is 20.2 Å². The second-order valence-electron chi connectivity index (χ2n) is 7.05. The zero-order valence-corrected chi connectivity index (χ0v) is 15.5. The van der Waals surface area contributed by atoms with E-state index in [2.05, 4.69) is 33.9 Å². The summed E-state index contributed by atoms with van der Waals surface area (Å²) >= 11 is 5.88. The lowest BCUT2D eigenvalue weighted by molar-refractivity contribution is -0.124. The predicted molar refractivity (Wildman–Crippen MR) is 99.1 cm³/mol. The zero-order valence-electron chi connectivity index (χ0n) is 14.7. The van der Waals surface area contributed by atoms with E-state index in [9.17, 15) is 4.79 Å². The van der Waals surface area contributed by atoms with Gasteiger partial charge in [0.05, 0.1) is 23.4 Å². The van der Waals surface area contributed by atoms with Gasteiger partial charge in [0.25, 0.3) is 0 Å². The number of carbonyl (C=O) groups is 1. The highest BCUT2D eigenvalue weighted by molar-refractivity contribution is 6.30. The molecule has 2 N–H and O–H groups in total. The molecule has 1 spiro atoms. The monoisotopic (exact) mass is 374 g/mol. The van der Waals surface area contributed by atoms with Crippen molar-refractivity contribution in [2.24, 2.45) is 0 Å². The van der Waals surface area contributed by atoms with Gasteiger partial charge in [0.2, 0.25) is 5.91 Å². The van der Waals surface area contributed by atoms with Crippen molar-refractivity contribution in [3.05, 3.63) is 52.8 Å². The van der Waals surface area contributed by atoms with E-state index in [4.69, 9.17) is 16.3 Å². The molecule has 138 valence electrons. The number of carbonyl (C=O) groups excluding carboxylic acids is 1. The van der Waals surface area contributed by atoms with Crippen molar-refractivity contribution in [1.29, 1.82) is 0 Å². The normalized spacial score (nSPS) is 23.8. The van der Waals surface area contributed by atoms with E-state index in [-0.39, 0.29) is 30.0 Å². The number of amides is 1. The first-order chi connectivity index (χ1) is 12.6. The summed E-state index contributed by atoms with van der Waals surface area (Å²) in [4.78, 5) is 12.6.